The lowest BCUT2D eigenvalue weighted by molar-refractivity contribution is 0.954. The van der Waals surface area contributed by atoms with Crippen molar-refractivity contribution in [2.45, 2.75) is 80.1 Å². The molecule has 0 aliphatic carbocycles. The van der Waals surface area contributed by atoms with Gasteiger partial charge < -0.3 is 0 Å². The van der Waals surface area contributed by atoms with Crippen LogP contribution in [0.25, 0.3) is 10.8 Å². The highest BCUT2D eigenvalue weighted by Crippen LogP contribution is 2.36. The van der Waals surface area contributed by atoms with Gasteiger partial charge in [0.2, 0.25) is 0 Å². The van der Waals surface area contributed by atoms with Crippen LogP contribution in [0.15, 0.2) is 12.1 Å². The molecule has 2 rings (SSSR count). The first-order chi connectivity index (χ1) is 10.7. The summed E-state index contributed by atoms with van der Waals surface area (Å²) in [6.45, 7) is 13.9. The summed E-state index contributed by atoms with van der Waals surface area (Å²) in [5.74, 6) is 0. The molecule has 0 heteroatoms. The molecular weight excluding hydrogens is 264 g/mol. The van der Waals surface area contributed by atoms with Crippen LogP contribution in [0.2, 0.25) is 0 Å². The van der Waals surface area contributed by atoms with Gasteiger partial charge in [-0.15, -0.1) is 0 Å². The zero-order valence-corrected chi connectivity index (χ0v) is 15.4. The van der Waals surface area contributed by atoms with E-state index in [9.17, 15) is 0 Å². The largest absolute Gasteiger partial charge is 0.0613 e. The summed E-state index contributed by atoms with van der Waals surface area (Å²) < 4.78 is 0. The van der Waals surface area contributed by atoms with Gasteiger partial charge in [-0.2, -0.15) is 0 Å². The topological polar surface area (TPSA) is 0 Å². The van der Waals surface area contributed by atoms with Gasteiger partial charge in [0, 0.05) is 0 Å². The monoisotopic (exact) mass is 296 g/mol. The predicted octanol–water partition coefficient (Wildman–Crippen LogP) is 6.21. The second-order valence-electron chi connectivity index (χ2n) is 6.16. The first-order valence-corrected chi connectivity index (χ1v) is 9.27. The van der Waals surface area contributed by atoms with Crippen LogP contribution in [-0.4, -0.2) is 0 Å². The van der Waals surface area contributed by atoms with Gasteiger partial charge in [0.25, 0.3) is 0 Å². The minimum atomic E-state index is 1.14. The molecule has 2 aromatic carbocycles. The maximum atomic E-state index is 2.41. The normalized spacial score (nSPS) is 11.4. The molecule has 0 spiro atoms. The number of rotatable bonds is 6. The lowest BCUT2D eigenvalue weighted by Crippen LogP contribution is -2.07. The van der Waals surface area contributed by atoms with E-state index in [0.29, 0.717) is 0 Å². The summed E-state index contributed by atoms with van der Waals surface area (Å²) in [6.07, 6.45) is 6.90. The van der Waals surface area contributed by atoms with Crippen LogP contribution in [0.3, 0.4) is 0 Å². The van der Waals surface area contributed by atoms with Gasteiger partial charge in [0.05, 0.1) is 0 Å². The minimum absolute atomic E-state index is 1.14. The summed E-state index contributed by atoms with van der Waals surface area (Å²) in [5.41, 5.74) is 9.63. The van der Waals surface area contributed by atoms with Crippen LogP contribution in [0.5, 0.6) is 0 Å². The van der Waals surface area contributed by atoms with Gasteiger partial charge in [-0.3, -0.25) is 0 Å². The lowest BCUT2D eigenvalue weighted by atomic mass is 9.81. The van der Waals surface area contributed by atoms with E-state index < -0.39 is 0 Å². The molecule has 0 heterocycles. The molecule has 0 fully saturated rings. The van der Waals surface area contributed by atoms with Crippen LogP contribution in [-0.2, 0) is 38.5 Å². The summed E-state index contributed by atoms with van der Waals surface area (Å²) >= 11 is 0. The lowest BCUT2D eigenvalue weighted by Gasteiger charge is -2.23. The number of benzene rings is 2. The number of fused-ring (bicyclic) bond motifs is 1. The highest BCUT2D eigenvalue weighted by molar-refractivity contribution is 5.94. The summed E-state index contributed by atoms with van der Waals surface area (Å²) in [4.78, 5) is 0. The van der Waals surface area contributed by atoms with Crippen molar-refractivity contribution < 1.29 is 0 Å². The highest BCUT2D eigenvalue weighted by Gasteiger charge is 2.18. The Morgan fingerprint density at radius 3 is 1.45 bits per heavy atom. The molecule has 0 saturated heterocycles. The van der Waals surface area contributed by atoms with Crippen molar-refractivity contribution in [1.82, 2.24) is 0 Å². The molecule has 0 radical (unpaired) electrons. The zero-order valence-electron chi connectivity index (χ0n) is 15.4. The summed E-state index contributed by atoms with van der Waals surface area (Å²) in [7, 11) is 0. The van der Waals surface area contributed by atoms with E-state index in [1.807, 2.05) is 0 Å². The van der Waals surface area contributed by atoms with Crippen LogP contribution >= 0.6 is 0 Å². The van der Waals surface area contributed by atoms with Crippen molar-refractivity contribution in [3.05, 3.63) is 45.5 Å². The van der Waals surface area contributed by atoms with Crippen LogP contribution in [0.1, 0.15) is 74.9 Å². The van der Waals surface area contributed by atoms with E-state index in [2.05, 4.69) is 53.7 Å². The van der Waals surface area contributed by atoms with E-state index in [1.165, 1.54) is 10.9 Å². The molecule has 0 N–H and O–H groups in total. The van der Waals surface area contributed by atoms with Crippen molar-refractivity contribution in [2.24, 2.45) is 0 Å². The van der Waals surface area contributed by atoms with Gasteiger partial charge in [-0.1, -0.05) is 53.7 Å². The molecule has 0 saturated carbocycles. The van der Waals surface area contributed by atoms with Crippen LogP contribution < -0.4 is 0 Å². The molecule has 2 aromatic rings. The second-order valence-corrected chi connectivity index (χ2v) is 6.16. The van der Waals surface area contributed by atoms with Gasteiger partial charge in [0.1, 0.15) is 0 Å². The highest BCUT2D eigenvalue weighted by atomic mass is 14.2. The number of hydrogen-bond acceptors (Lipinski definition) is 0. The molecule has 0 unspecified atom stereocenters. The Kier molecular flexibility index (Phi) is 5.67. The fraction of sp³-hybridized carbons (Fsp3) is 0.545. The molecule has 22 heavy (non-hydrogen) atoms. The second kappa shape index (κ2) is 7.31. The van der Waals surface area contributed by atoms with Crippen LogP contribution in [0, 0.1) is 0 Å². The van der Waals surface area contributed by atoms with Crippen molar-refractivity contribution in [3.63, 3.8) is 0 Å². The molecule has 120 valence electrons. The predicted molar refractivity (Wildman–Crippen MR) is 100 cm³/mol. The van der Waals surface area contributed by atoms with Gasteiger partial charge in [0.15, 0.2) is 0 Å². The van der Waals surface area contributed by atoms with Crippen molar-refractivity contribution in [1.29, 1.82) is 0 Å². The standard InChI is InChI=1S/C22H32/c1-7-15-13-14-21-19(11-5)17(9-3)18(10-4)20(12-6)22(21)16(15)8-2/h13-14H,7-12H2,1-6H3. The zero-order chi connectivity index (χ0) is 16.3. The molecule has 0 aliphatic heterocycles. The maximum absolute atomic E-state index is 2.41. The first kappa shape index (κ1) is 17.1. The Labute approximate surface area is 136 Å². The Morgan fingerprint density at radius 2 is 1.00 bits per heavy atom. The fourth-order valence-corrected chi connectivity index (χ4v) is 4.35. The van der Waals surface area contributed by atoms with E-state index >= 15 is 0 Å². The van der Waals surface area contributed by atoms with Crippen molar-refractivity contribution in [3.8, 4) is 0 Å². The molecular formula is C22H32. The van der Waals surface area contributed by atoms with Gasteiger partial charge >= 0.3 is 0 Å². The van der Waals surface area contributed by atoms with Crippen LogP contribution in [0.4, 0.5) is 0 Å². The molecule has 0 atom stereocenters. The van der Waals surface area contributed by atoms with E-state index in [0.717, 1.165) is 38.5 Å². The molecule has 0 aliphatic rings. The Bertz CT molecular complexity index is 660. The Hall–Kier alpha value is -1.30. The summed E-state index contributed by atoms with van der Waals surface area (Å²) in [6, 6.07) is 4.79. The molecule has 0 bridgehead atoms. The smallest absolute Gasteiger partial charge is 0.0112 e. The van der Waals surface area contributed by atoms with E-state index in [1.54, 1.807) is 33.2 Å². The van der Waals surface area contributed by atoms with E-state index in [4.69, 9.17) is 0 Å². The van der Waals surface area contributed by atoms with Crippen molar-refractivity contribution in [2.75, 3.05) is 0 Å². The Balaban J connectivity index is 3.06. The third-order valence-electron chi connectivity index (χ3n) is 5.28. The number of hydrogen-bond donors (Lipinski definition) is 0. The molecule has 0 amide bonds. The number of aryl methyl sites for hydroxylation is 4. The SMILES string of the molecule is CCc1ccc2c(CC)c(CC)c(CC)c(CC)c2c1CC. The van der Waals surface area contributed by atoms with Gasteiger partial charge in [-0.25, -0.2) is 0 Å². The molecule has 0 aromatic heterocycles. The quantitative estimate of drug-likeness (QED) is 0.594. The average Bonchev–Trinajstić information content (AvgIpc) is 2.57. The summed E-state index contributed by atoms with van der Waals surface area (Å²) in [5, 5.41) is 3.12. The third kappa shape index (κ3) is 2.57. The third-order valence-corrected chi connectivity index (χ3v) is 5.28. The maximum Gasteiger partial charge on any atom is -0.0112 e. The van der Waals surface area contributed by atoms with Crippen molar-refractivity contribution >= 4 is 10.8 Å². The fourth-order valence-electron chi connectivity index (χ4n) is 4.35. The van der Waals surface area contributed by atoms with E-state index in [-0.39, 0.29) is 0 Å². The molecule has 0 nitrogen and oxygen atoms in total. The average molecular weight is 296 g/mol. The Morgan fingerprint density at radius 1 is 0.500 bits per heavy atom. The first-order valence-electron chi connectivity index (χ1n) is 9.27. The minimum Gasteiger partial charge on any atom is -0.0613 e. The van der Waals surface area contributed by atoms with Gasteiger partial charge in [-0.05, 0) is 82.7 Å².